The Labute approximate surface area is 181 Å². The molecule has 1 unspecified atom stereocenters. The summed E-state index contributed by atoms with van der Waals surface area (Å²) in [7, 11) is -2.98. The highest BCUT2D eigenvalue weighted by Crippen LogP contribution is 2.27. The SMILES string of the molecule is O=C(C(c1ccccc1)N1CCS(=O)(=O)CC1)N1CCN(CC2CCCCC2)CC1. The Morgan fingerprint density at radius 3 is 2.17 bits per heavy atom. The number of carbonyl (C=O) groups excluding carboxylic acids is 1. The molecule has 0 aromatic heterocycles. The van der Waals surface area contributed by atoms with Crippen LogP contribution in [0.5, 0.6) is 0 Å². The van der Waals surface area contributed by atoms with E-state index in [0.717, 1.165) is 37.7 Å². The molecular weight excluding hydrogens is 398 g/mol. The zero-order chi connectivity index (χ0) is 21.0. The summed E-state index contributed by atoms with van der Waals surface area (Å²) in [6, 6.07) is 9.47. The highest BCUT2D eigenvalue weighted by atomic mass is 32.2. The van der Waals surface area contributed by atoms with E-state index < -0.39 is 9.84 Å². The summed E-state index contributed by atoms with van der Waals surface area (Å²) in [5, 5.41) is 0. The lowest BCUT2D eigenvalue weighted by molar-refractivity contribution is -0.139. The first kappa shape index (κ1) is 21.8. The molecule has 2 aliphatic heterocycles. The minimum atomic E-state index is -2.98. The number of amides is 1. The number of sulfone groups is 1. The van der Waals surface area contributed by atoms with Crippen molar-refractivity contribution in [2.45, 2.75) is 38.1 Å². The zero-order valence-corrected chi connectivity index (χ0v) is 18.7. The molecule has 166 valence electrons. The average molecular weight is 434 g/mol. The Hall–Kier alpha value is -1.44. The summed E-state index contributed by atoms with van der Waals surface area (Å²) in [5.41, 5.74) is 0.964. The van der Waals surface area contributed by atoms with Crippen LogP contribution in [-0.4, -0.2) is 86.3 Å². The number of hydrogen-bond donors (Lipinski definition) is 0. The number of carbonyl (C=O) groups is 1. The van der Waals surface area contributed by atoms with Crippen LogP contribution in [-0.2, 0) is 14.6 Å². The van der Waals surface area contributed by atoms with Crippen molar-refractivity contribution in [3.05, 3.63) is 35.9 Å². The minimum Gasteiger partial charge on any atom is -0.338 e. The normalized spacial score (nSPS) is 25.1. The highest BCUT2D eigenvalue weighted by Gasteiger charge is 2.36. The maximum absolute atomic E-state index is 13.6. The number of nitrogens with zero attached hydrogens (tertiary/aromatic N) is 3. The second-order valence-electron chi connectivity index (χ2n) is 9.13. The Balaban J connectivity index is 1.39. The van der Waals surface area contributed by atoms with Crippen LogP contribution >= 0.6 is 0 Å². The second kappa shape index (κ2) is 9.79. The average Bonchev–Trinajstić information content (AvgIpc) is 2.77. The molecule has 2 saturated heterocycles. The van der Waals surface area contributed by atoms with Crippen molar-refractivity contribution in [1.29, 1.82) is 0 Å². The third-order valence-corrected chi connectivity index (χ3v) is 8.63. The van der Waals surface area contributed by atoms with Crippen LogP contribution in [0.4, 0.5) is 0 Å². The van der Waals surface area contributed by atoms with Gasteiger partial charge in [-0.2, -0.15) is 0 Å². The zero-order valence-electron chi connectivity index (χ0n) is 17.9. The molecule has 6 nitrogen and oxygen atoms in total. The first-order valence-electron chi connectivity index (χ1n) is 11.5. The standard InChI is InChI=1S/C23H35N3O3S/c27-23(26-13-11-24(12-14-26)19-20-7-3-1-4-8-20)22(21-9-5-2-6-10-21)25-15-17-30(28,29)18-16-25/h2,5-6,9-10,20,22H,1,3-4,7-8,11-19H2. The van der Waals surface area contributed by atoms with E-state index in [1.807, 2.05) is 35.2 Å². The molecule has 0 radical (unpaired) electrons. The van der Waals surface area contributed by atoms with Crippen LogP contribution in [0.15, 0.2) is 30.3 Å². The molecule has 30 heavy (non-hydrogen) atoms. The van der Waals surface area contributed by atoms with Gasteiger partial charge in [0.05, 0.1) is 11.5 Å². The summed E-state index contributed by atoms with van der Waals surface area (Å²) < 4.78 is 23.8. The van der Waals surface area contributed by atoms with E-state index in [2.05, 4.69) is 9.80 Å². The van der Waals surface area contributed by atoms with Gasteiger partial charge in [0, 0.05) is 45.8 Å². The molecule has 4 rings (SSSR count). The van der Waals surface area contributed by atoms with Gasteiger partial charge in [-0.15, -0.1) is 0 Å². The fourth-order valence-corrected chi connectivity index (χ4v) is 6.42. The fraction of sp³-hybridized carbons (Fsp3) is 0.696. The fourth-order valence-electron chi connectivity index (χ4n) is 5.19. The van der Waals surface area contributed by atoms with E-state index >= 15 is 0 Å². The Kier molecular flexibility index (Phi) is 7.11. The van der Waals surface area contributed by atoms with E-state index in [4.69, 9.17) is 0 Å². The molecule has 0 spiro atoms. The Bertz CT molecular complexity index is 786. The smallest absolute Gasteiger partial charge is 0.244 e. The molecule has 1 aromatic rings. The van der Waals surface area contributed by atoms with Crippen molar-refractivity contribution in [1.82, 2.24) is 14.7 Å². The van der Waals surface area contributed by atoms with Crippen LogP contribution in [0.1, 0.15) is 43.7 Å². The third kappa shape index (κ3) is 5.42. The van der Waals surface area contributed by atoms with Gasteiger partial charge in [0.15, 0.2) is 9.84 Å². The van der Waals surface area contributed by atoms with Crippen LogP contribution in [0.3, 0.4) is 0 Å². The predicted molar refractivity (Wildman–Crippen MR) is 119 cm³/mol. The van der Waals surface area contributed by atoms with Crippen molar-refractivity contribution in [3.63, 3.8) is 0 Å². The van der Waals surface area contributed by atoms with Crippen molar-refractivity contribution < 1.29 is 13.2 Å². The summed E-state index contributed by atoms with van der Waals surface area (Å²) in [6.07, 6.45) is 6.83. The van der Waals surface area contributed by atoms with Gasteiger partial charge in [0.1, 0.15) is 6.04 Å². The van der Waals surface area contributed by atoms with Gasteiger partial charge in [-0.25, -0.2) is 8.42 Å². The van der Waals surface area contributed by atoms with Gasteiger partial charge in [0.25, 0.3) is 0 Å². The lowest BCUT2D eigenvalue weighted by Gasteiger charge is -2.41. The van der Waals surface area contributed by atoms with Crippen molar-refractivity contribution >= 4 is 15.7 Å². The first-order valence-corrected chi connectivity index (χ1v) is 13.3. The molecule has 1 aliphatic carbocycles. The van der Waals surface area contributed by atoms with Crippen molar-refractivity contribution in [3.8, 4) is 0 Å². The molecular formula is C23H35N3O3S. The molecule has 7 heteroatoms. The van der Waals surface area contributed by atoms with Gasteiger partial charge in [0.2, 0.25) is 5.91 Å². The van der Waals surface area contributed by atoms with Gasteiger partial charge >= 0.3 is 0 Å². The Morgan fingerprint density at radius 2 is 1.53 bits per heavy atom. The van der Waals surface area contributed by atoms with E-state index in [1.54, 1.807) is 0 Å². The molecule has 1 saturated carbocycles. The summed E-state index contributed by atoms with van der Waals surface area (Å²) in [6.45, 7) is 5.44. The lowest BCUT2D eigenvalue weighted by Crippen LogP contribution is -2.54. The molecule has 0 bridgehead atoms. The third-order valence-electron chi connectivity index (χ3n) is 7.02. The summed E-state index contributed by atoms with van der Waals surface area (Å²) in [4.78, 5) is 20.2. The molecule has 1 aromatic carbocycles. The van der Waals surface area contributed by atoms with Crippen LogP contribution in [0.2, 0.25) is 0 Å². The summed E-state index contributed by atoms with van der Waals surface area (Å²) >= 11 is 0. The largest absolute Gasteiger partial charge is 0.338 e. The maximum Gasteiger partial charge on any atom is 0.244 e. The van der Waals surface area contributed by atoms with E-state index in [1.165, 1.54) is 38.6 Å². The van der Waals surface area contributed by atoms with Gasteiger partial charge in [-0.3, -0.25) is 14.6 Å². The molecule has 3 aliphatic rings. The van der Waals surface area contributed by atoms with Gasteiger partial charge < -0.3 is 4.90 Å². The second-order valence-corrected chi connectivity index (χ2v) is 11.4. The van der Waals surface area contributed by atoms with Crippen LogP contribution in [0.25, 0.3) is 0 Å². The topological polar surface area (TPSA) is 60.9 Å². The predicted octanol–water partition coefficient (Wildman–Crippen LogP) is 2.18. The number of piperazine rings is 1. The van der Waals surface area contributed by atoms with Crippen LogP contribution < -0.4 is 0 Å². The quantitative estimate of drug-likeness (QED) is 0.712. The number of hydrogen-bond acceptors (Lipinski definition) is 5. The first-order chi connectivity index (χ1) is 14.5. The van der Waals surface area contributed by atoms with Gasteiger partial charge in [-0.1, -0.05) is 49.6 Å². The molecule has 0 N–H and O–H groups in total. The molecule has 3 fully saturated rings. The minimum absolute atomic E-state index is 0.123. The van der Waals surface area contributed by atoms with Gasteiger partial charge in [-0.05, 0) is 24.3 Å². The maximum atomic E-state index is 13.6. The van der Waals surface area contributed by atoms with E-state index in [-0.39, 0.29) is 23.5 Å². The molecule has 2 heterocycles. The lowest BCUT2D eigenvalue weighted by atomic mass is 9.89. The van der Waals surface area contributed by atoms with E-state index in [9.17, 15) is 13.2 Å². The van der Waals surface area contributed by atoms with Crippen molar-refractivity contribution in [2.24, 2.45) is 5.92 Å². The number of rotatable bonds is 5. The van der Waals surface area contributed by atoms with Crippen molar-refractivity contribution in [2.75, 3.05) is 57.3 Å². The monoisotopic (exact) mass is 433 g/mol. The number of benzene rings is 1. The van der Waals surface area contributed by atoms with Crippen LogP contribution in [0, 0.1) is 5.92 Å². The Morgan fingerprint density at radius 1 is 0.900 bits per heavy atom. The highest BCUT2D eigenvalue weighted by molar-refractivity contribution is 7.91. The summed E-state index contributed by atoms with van der Waals surface area (Å²) in [5.74, 6) is 1.23. The molecule has 1 atom stereocenters. The molecule has 1 amide bonds. The van der Waals surface area contributed by atoms with E-state index in [0.29, 0.717) is 13.1 Å².